The van der Waals surface area contributed by atoms with Crippen LogP contribution < -0.4 is 5.32 Å². The Morgan fingerprint density at radius 2 is 1.78 bits per heavy atom. The SMILES string of the molecule is CSc1ccc(Nc2ccc(-c3ccc(C4CCC(CCC(=O)O)CC4)cc3)nc2)nc1. The molecule has 5 nitrogen and oxygen atoms in total. The predicted molar refractivity (Wildman–Crippen MR) is 131 cm³/mol. The number of carbonyl (C=O) groups is 1. The molecule has 0 atom stereocenters. The minimum absolute atomic E-state index is 0.298. The second-order valence-corrected chi connectivity index (χ2v) is 9.29. The summed E-state index contributed by atoms with van der Waals surface area (Å²) >= 11 is 1.67. The predicted octanol–water partition coefficient (Wildman–Crippen LogP) is 6.75. The molecule has 0 amide bonds. The van der Waals surface area contributed by atoms with Crippen molar-refractivity contribution in [3.05, 3.63) is 66.5 Å². The zero-order valence-electron chi connectivity index (χ0n) is 18.3. The summed E-state index contributed by atoms with van der Waals surface area (Å²) in [6, 6.07) is 16.8. The number of pyridine rings is 2. The highest BCUT2D eigenvalue weighted by molar-refractivity contribution is 7.98. The first-order chi connectivity index (χ1) is 15.6. The summed E-state index contributed by atoms with van der Waals surface area (Å²) < 4.78 is 0. The van der Waals surface area contributed by atoms with Gasteiger partial charge in [0.05, 0.1) is 17.6 Å². The minimum atomic E-state index is -0.679. The van der Waals surface area contributed by atoms with Gasteiger partial charge in [0, 0.05) is 23.1 Å². The van der Waals surface area contributed by atoms with Crippen LogP contribution in [0.3, 0.4) is 0 Å². The molecular weight excluding hydrogens is 418 g/mol. The molecule has 0 aliphatic heterocycles. The van der Waals surface area contributed by atoms with Crippen LogP contribution in [0.25, 0.3) is 11.3 Å². The van der Waals surface area contributed by atoms with E-state index in [0.717, 1.165) is 59.8 Å². The number of rotatable bonds is 8. The lowest BCUT2D eigenvalue weighted by atomic mass is 9.77. The first kappa shape index (κ1) is 22.3. The minimum Gasteiger partial charge on any atom is -0.481 e. The summed E-state index contributed by atoms with van der Waals surface area (Å²) in [6.07, 6.45) is 11.4. The van der Waals surface area contributed by atoms with Crippen LogP contribution in [0.2, 0.25) is 0 Å². The smallest absolute Gasteiger partial charge is 0.303 e. The Labute approximate surface area is 193 Å². The van der Waals surface area contributed by atoms with Gasteiger partial charge >= 0.3 is 5.97 Å². The molecule has 0 unspecified atom stereocenters. The zero-order chi connectivity index (χ0) is 22.3. The summed E-state index contributed by atoms with van der Waals surface area (Å²) in [7, 11) is 0. The molecule has 1 aliphatic rings. The highest BCUT2D eigenvalue weighted by atomic mass is 32.2. The molecule has 3 aromatic rings. The number of anilines is 2. The molecule has 1 aliphatic carbocycles. The Balaban J connectivity index is 1.33. The van der Waals surface area contributed by atoms with E-state index in [1.807, 2.05) is 42.9 Å². The Kier molecular flexibility index (Phi) is 7.43. The number of nitrogens with one attached hydrogen (secondary N) is 1. The van der Waals surface area contributed by atoms with Crippen LogP contribution in [0.1, 0.15) is 50.0 Å². The number of hydrogen-bond donors (Lipinski definition) is 2. The summed E-state index contributed by atoms with van der Waals surface area (Å²) in [5, 5.41) is 12.2. The largest absolute Gasteiger partial charge is 0.481 e. The molecule has 32 heavy (non-hydrogen) atoms. The maximum absolute atomic E-state index is 10.8. The fourth-order valence-electron chi connectivity index (χ4n) is 4.40. The Morgan fingerprint density at radius 3 is 2.38 bits per heavy atom. The molecule has 0 saturated heterocycles. The van der Waals surface area contributed by atoms with Crippen molar-refractivity contribution in [1.29, 1.82) is 0 Å². The van der Waals surface area contributed by atoms with Crippen molar-refractivity contribution in [3.63, 3.8) is 0 Å². The third-order valence-corrected chi connectivity index (χ3v) is 7.01. The van der Waals surface area contributed by atoms with E-state index in [1.54, 1.807) is 11.8 Å². The molecule has 1 fully saturated rings. The molecule has 166 valence electrons. The van der Waals surface area contributed by atoms with Gasteiger partial charge in [0.2, 0.25) is 0 Å². The third kappa shape index (κ3) is 5.88. The number of thioether (sulfide) groups is 1. The number of nitrogens with zero attached hydrogens (tertiary/aromatic N) is 2. The van der Waals surface area contributed by atoms with E-state index in [-0.39, 0.29) is 0 Å². The maximum atomic E-state index is 10.8. The molecule has 1 aromatic carbocycles. The second kappa shape index (κ2) is 10.6. The van der Waals surface area contributed by atoms with Crippen LogP contribution in [0.15, 0.2) is 65.8 Å². The Hall–Kier alpha value is -2.86. The first-order valence-electron chi connectivity index (χ1n) is 11.2. The van der Waals surface area contributed by atoms with Gasteiger partial charge in [-0.1, -0.05) is 24.3 Å². The van der Waals surface area contributed by atoms with Gasteiger partial charge in [-0.3, -0.25) is 9.78 Å². The summed E-state index contributed by atoms with van der Waals surface area (Å²) in [4.78, 5) is 21.0. The normalized spacial score (nSPS) is 18.3. The number of aliphatic carboxylic acids is 1. The molecule has 4 rings (SSSR count). The van der Waals surface area contributed by atoms with Gasteiger partial charge in [-0.15, -0.1) is 11.8 Å². The van der Waals surface area contributed by atoms with Crippen LogP contribution in [0, 0.1) is 5.92 Å². The summed E-state index contributed by atoms with van der Waals surface area (Å²) in [6.45, 7) is 0. The average molecular weight is 448 g/mol. The topological polar surface area (TPSA) is 75.1 Å². The van der Waals surface area contributed by atoms with E-state index in [0.29, 0.717) is 18.3 Å². The molecule has 0 radical (unpaired) electrons. The molecule has 6 heteroatoms. The zero-order valence-corrected chi connectivity index (χ0v) is 19.1. The van der Waals surface area contributed by atoms with Gasteiger partial charge in [0.15, 0.2) is 0 Å². The van der Waals surface area contributed by atoms with Crippen molar-refractivity contribution < 1.29 is 9.90 Å². The van der Waals surface area contributed by atoms with E-state index in [2.05, 4.69) is 39.6 Å². The lowest BCUT2D eigenvalue weighted by Gasteiger charge is -2.28. The maximum Gasteiger partial charge on any atom is 0.303 e. The van der Waals surface area contributed by atoms with Crippen molar-refractivity contribution in [2.45, 2.75) is 49.3 Å². The van der Waals surface area contributed by atoms with Gasteiger partial charge in [-0.2, -0.15) is 0 Å². The molecule has 1 saturated carbocycles. The van der Waals surface area contributed by atoms with E-state index in [4.69, 9.17) is 5.11 Å². The van der Waals surface area contributed by atoms with E-state index in [9.17, 15) is 4.79 Å². The van der Waals surface area contributed by atoms with E-state index < -0.39 is 5.97 Å². The molecule has 2 N–H and O–H groups in total. The van der Waals surface area contributed by atoms with Gasteiger partial charge in [-0.05, 0) is 80.0 Å². The molecule has 0 spiro atoms. The first-order valence-corrected chi connectivity index (χ1v) is 12.4. The van der Waals surface area contributed by atoms with Gasteiger partial charge in [0.1, 0.15) is 5.82 Å². The molecule has 2 aromatic heterocycles. The third-order valence-electron chi connectivity index (χ3n) is 6.30. The Bertz CT molecular complexity index is 1010. The van der Waals surface area contributed by atoms with Crippen LogP contribution in [0.5, 0.6) is 0 Å². The van der Waals surface area contributed by atoms with Gasteiger partial charge in [0.25, 0.3) is 0 Å². The number of carboxylic acid groups (broad SMARTS) is 1. The molecule has 0 bridgehead atoms. The fourth-order valence-corrected chi connectivity index (χ4v) is 4.76. The van der Waals surface area contributed by atoms with E-state index in [1.165, 1.54) is 5.56 Å². The van der Waals surface area contributed by atoms with Crippen LogP contribution in [-0.2, 0) is 4.79 Å². The van der Waals surface area contributed by atoms with Gasteiger partial charge < -0.3 is 10.4 Å². The van der Waals surface area contributed by atoms with Crippen LogP contribution in [0.4, 0.5) is 11.5 Å². The van der Waals surface area contributed by atoms with Crippen LogP contribution in [-0.4, -0.2) is 27.3 Å². The standard InChI is InChI=1S/C26H29N3O2S/c1-32-23-12-14-25(28-17-23)29-22-11-13-24(27-16-22)21-9-7-20(8-10-21)19-5-2-18(3-6-19)4-15-26(30)31/h7-14,16-19H,2-6,15H2,1H3,(H,28,29)(H,30,31). The van der Waals surface area contributed by atoms with Crippen molar-refractivity contribution in [1.82, 2.24) is 9.97 Å². The van der Waals surface area contributed by atoms with E-state index >= 15 is 0 Å². The quantitative estimate of drug-likeness (QED) is 0.372. The lowest BCUT2D eigenvalue weighted by Crippen LogP contribution is -2.14. The van der Waals surface area contributed by atoms with Crippen molar-refractivity contribution in [3.8, 4) is 11.3 Å². The number of aromatic nitrogens is 2. The number of hydrogen-bond acceptors (Lipinski definition) is 5. The number of benzene rings is 1. The monoisotopic (exact) mass is 447 g/mol. The van der Waals surface area contributed by atoms with Gasteiger partial charge in [-0.25, -0.2) is 4.98 Å². The fraction of sp³-hybridized carbons (Fsp3) is 0.346. The highest BCUT2D eigenvalue weighted by Crippen LogP contribution is 2.38. The molecule has 2 heterocycles. The lowest BCUT2D eigenvalue weighted by molar-refractivity contribution is -0.137. The van der Waals surface area contributed by atoms with Crippen molar-refractivity contribution in [2.75, 3.05) is 11.6 Å². The summed E-state index contributed by atoms with van der Waals surface area (Å²) in [5.41, 5.74) is 4.35. The summed E-state index contributed by atoms with van der Waals surface area (Å²) in [5.74, 6) is 1.27. The van der Waals surface area contributed by atoms with Crippen molar-refractivity contribution in [2.24, 2.45) is 5.92 Å². The highest BCUT2D eigenvalue weighted by Gasteiger charge is 2.22. The average Bonchev–Trinajstić information content (AvgIpc) is 2.84. The number of carboxylic acids is 1. The Morgan fingerprint density at radius 1 is 1.00 bits per heavy atom. The van der Waals surface area contributed by atoms with Crippen LogP contribution >= 0.6 is 11.8 Å². The van der Waals surface area contributed by atoms with Crippen molar-refractivity contribution >= 4 is 29.2 Å². The molecular formula is C26H29N3O2S. The second-order valence-electron chi connectivity index (χ2n) is 8.41.